The minimum Gasteiger partial charge on any atom is -0.376 e. The number of anilines is 3. The van der Waals surface area contributed by atoms with Crippen molar-refractivity contribution in [3.05, 3.63) is 52.5 Å². The fourth-order valence-electron chi connectivity index (χ4n) is 2.25. The fraction of sp³-hybridized carbons (Fsp3) is 0.222. The van der Waals surface area contributed by atoms with E-state index in [-0.39, 0.29) is 18.4 Å². The second-order valence-corrected chi connectivity index (χ2v) is 5.96. The summed E-state index contributed by atoms with van der Waals surface area (Å²) in [5.74, 6) is -0.311. The van der Waals surface area contributed by atoms with Gasteiger partial charge in [0, 0.05) is 29.0 Å². The molecule has 3 N–H and O–H groups in total. The Kier molecular flexibility index (Phi) is 5.82. The predicted octanol–water partition coefficient (Wildman–Crippen LogP) is 3.97. The van der Waals surface area contributed by atoms with Crippen molar-refractivity contribution in [2.45, 2.75) is 20.8 Å². The average molecular weight is 346 g/mol. The first-order valence-corrected chi connectivity index (χ1v) is 7.91. The molecule has 6 heteroatoms. The summed E-state index contributed by atoms with van der Waals surface area (Å²) in [5, 5.41) is 9.25. The lowest BCUT2D eigenvalue weighted by atomic mass is 10.1. The summed E-state index contributed by atoms with van der Waals surface area (Å²) in [5.41, 5.74) is 4.02. The van der Waals surface area contributed by atoms with Gasteiger partial charge in [0.15, 0.2) is 0 Å². The van der Waals surface area contributed by atoms with Crippen molar-refractivity contribution in [3.63, 3.8) is 0 Å². The Hall–Kier alpha value is -2.53. The molecule has 0 saturated carbocycles. The number of rotatable bonds is 5. The Morgan fingerprint density at radius 3 is 2.42 bits per heavy atom. The molecule has 0 aliphatic carbocycles. The van der Waals surface area contributed by atoms with Gasteiger partial charge in [0.1, 0.15) is 0 Å². The summed E-state index contributed by atoms with van der Waals surface area (Å²) in [7, 11) is 0. The third-order valence-corrected chi connectivity index (χ3v) is 3.79. The van der Waals surface area contributed by atoms with E-state index >= 15 is 0 Å². The maximum atomic E-state index is 12.1. The highest BCUT2D eigenvalue weighted by Gasteiger charge is 2.08. The molecule has 2 aromatic carbocycles. The first-order chi connectivity index (χ1) is 11.4. The third kappa shape index (κ3) is 4.73. The monoisotopic (exact) mass is 345 g/mol. The van der Waals surface area contributed by atoms with E-state index < -0.39 is 0 Å². The molecule has 0 unspecified atom stereocenters. The zero-order valence-electron chi connectivity index (χ0n) is 13.9. The minimum absolute atomic E-state index is 0.107. The molecule has 0 fully saturated rings. The topological polar surface area (TPSA) is 70.2 Å². The van der Waals surface area contributed by atoms with Crippen LogP contribution in [0.1, 0.15) is 18.1 Å². The molecule has 0 radical (unpaired) electrons. The van der Waals surface area contributed by atoms with Crippen LogP contribution in [0.4, 0.5) is 17.1 Å². The molecule has 0 aliphatic rings. The molecule has 0 aromatic heterocycles. The Balaban J connectivity index is 2.01. The van der Waals surface area contributed by atoms with E-state index in [2.05, 4.69) is 16.0 Å². The van der Waals surface area contributed by atoms with Gasteiger partial charge in [-0.2, -0.15) is 0 Å². The van der Waals surface area contributed by atoms with Crippen LogP contribution in [0.5, 0.6) is 0 Å². The average Bonchev–Trinajstić information content (AvgIpc) is 2.51. The number of hydrogen-bond acceptors (Lipinski definition) is 3. The fourth-order valence-corrected chi connectivity index (χ4v) is 2.42. The smallest absolute Gasteiger partial charge is 0.243 e. The Morgan fingerprint density at radius 2 is 1.71 bits per heavy atom. The summed E-state index contributed by atoms with van der Waals surface area (Å²) in [6.07, 6.45) is 0. The molecule has 0 aliphatic heterocycles. The molecule has 0 bridgehead atoms. The highest BCUT2D eigenvalue weighted by atomic mass is 35.5. The molecular weight excluding hydrogens is 326 g/mol. The predicted molar refractivity (Wildman–Crippen MR) is 98.8 cm³/mol. The molecular formula is C18H20ClN3O2. The van der Waals surface area contributed by atoms with E-state index in [0.29, 0.717) is 10.7 Å². The van der Waals surface area contributed by atoms with Crippen LogP contribution >= 0.6 is 11.6 Å². The highest BCUT2D eigenvalue weighted by Crippen LogP contribution is 2.23. The van der Waals surface area contributed by atoms with Crippen molar-refractivity contribution >= 4 is 40.5 Å². The van der Waals surface area contributed by atoms with Crippen molar-refractivity contribution in [2.24, 2.45) is 0 Å². The Bertz CT molecular complexity index is 775. The zero-order valence-corrected chi connectivity index (χ0v) is 14.6. The summed E-state index contributed by atoms with van der Waals surface area (Å²) in [6, 6.07) is 10.8. The molecule has 2 amide bonds. The van der Waals surface area contributed by atoms with Gasteiger partial charge in [0.25, 0.3) is 0 Å². The molecule has 0 atom stereocenters. The Labute approximate surface area is 146 Å². The van der Waals surface area contributed by atoms with Crippen LogP contribution in [0, 0.1) is 13.8 Å². The maximum Gasteiger partial charge on any atom is 0.243 e. The van der Waals surface area contributed by atoms with E-state index in [0.717, 1.165) is 22.5 Å². The second-order valence-electron chi connectivity index (χ2n) is 5.52. The molecule has 5 nitrogen and oxygen atoms in total. The van der Waals surface area contributed by atoms with E-state index in [1.165, 1.54) is 6.92 Å². The van der Waals surface area contributed by atoms with Crippen LogP contribution in [0.3, 0.4) is 0 Å². The quantitative estimate of drug-likeness (QED) is 0.768. The van der Waals surface area contributed by atoms with Gasteiger partial charge in [-0.15, -0.1) is 0 Å². The van der Waals surface area contributed by atoms with Crippen LogP contribution in [-0.4, -0.2) is 18.4 Å². The summed E-state index contributed by atoms with van der Waals surface area (Å²) >= 11 is 5.95. The van der Waals surface area contributed by atoms with E-state index in [1.807, 2.05) is 38.1 Å². The number of carbonyl (C=O) groups is 2. The van der Waals surface area contributed by atoms with Crippen LogP contribution in [-0.2, 0) is 9.59 Å². The summed E-state index contributed by atoms with van der Waals surface area (Å²) in [4.78, 5) is 23.3. The first kappa shape index (κ1) is 17.8. The lowest BCUT2D eigenvalue weighted by Gasteiger charge is -2.14. The van der Waals surface area contributed by atoms with Gasteiger partial charge in [-0.1, -0.05) is 23.7 Å². The van der Waals surface area contributed by atoms with Crippen molar-refractivity contribution in [2.75, 3.05) is 22.5 Å². The number of halogens is 1. The lowest BCUT2D eigenvalue weighted by Crippen LogP contribution is -2.22. The van der Waals surface area contributed by atoms with Gasteiger partial charge >= 0.3 is 0 Å². The SMILES string of the molecule is CC(=O)Nc1cccc(NCC(=O)Nc2cc(Cl)ccc2C)c1C. The molecule has 126 valence electrons. The minimum atomic E-state index is -0.176. The number of hydrogen-bond donors (Lipinski definition) is 3. The van der Waals surface area contributed by atoms with Gasteiger partial charge in [-0.05, 0) is 49.2 Å². The normalized spacial score (nSPS) is 10.2. The van der Waals surface area contributed by atoms with Gasteiger partial charge in [0.05, 0.1) is 6.54 Å². The molecule has 2 aromatic rings. The van der Waals surface area contributed by atoms with E-state index in [9.17, 15) is 9.59 Å². The number of amides is 2. The van der Waals surface area contributed by atoms with Crippen molar-refractivity contribution in [3.8, 4) is 0 Å². The van der Waals surface area contributed by atoms with Crippen LogP contribution in [0.2, 0.25) is 5.02 Å². The van der Waals surface area contributed by atoms with E-state index in [4.69, 9.17) is 11.6 Å². The summed E-state index contributed by atoms with van der Waals surface area (Å²) in [6.45, 7) is 5.35. The molecule has 0 saturated heterocycles. The molecule has 2 rings (SSSR count). The van der Waals surface area contributed by atoms with Crippen molar-refractivity contribution in [1.29, 1.82) is 0 Å². The van der Waals surface area contributed by atoms with Crippen LogP contribution in [0.25, 0.3) is 0 Å². The zero-order chi connectivity index (χ0) is 17.7. The number of benzene rings is 2. The van der Waals surface area contributed by atoms with Gasteiger partial charge in [-0.25, -0.2) is 0 Å². The number of aryl methyl sites for hydroxylation is 1. The van der Waals surface area contributed by atoms with Crippen molar-refractivity contribution in [1.82, 2.24) is 0 Å². The summed E-state index contributed by atoms with van der Waals surface area (Å²) < 4.78 is 0. The van der Waals surface area contributed by atoms with E-state index in [1.54, 1.807) is 12.1 Å². The number of carbonyl (C=O) groups excluding carboxylic acids is 2. The second kappa shape index (κ2) is 7.84. The van der Waals surface area contributed by atoms with Crippen LogP contribution < -0.4 is 16.0 Å². The molecule has 0 heterocycles. The van der Waals surface area contributed by atoms with Crippen LogP contribution in [0.15, 0.2) is 36.4 Å². The van der Waals surface area contributed by atoms with Gasteiger partial charge in [-0.3, -0.25) is 9.59 Å². The first-order valence-electron chi connectivity index (χ1n) is 7.54. The highest BCUT2D eigenvalue weighted by molar-refractivity contribution is 6.31. The lowest BCUT2D eigenvalue weighted by molar-refractivity contribution is -0.115. The van der Waals surface area contributed by atoms with Gasteiger partial charge < -0.3 is 16.0 Å². The standard InChI is InChI=1S/C18H20ClN3O2/c1-11-7-8-14(19)9-17(11)22-18(24)10-20-15-5-4-6-16(12(15)2)21-13(3)23/h4-9,20H,10H2,1-3H3,(H,21,23)(H,22,24). The third-order valence-electron chi connectivity index (χ3n) is 3.56. The maximum absolute atomic E-state index is 12.1. The largest absolute Gasteiger partial charge is 0.376 e. The molecule has 0 spiro atoms. The van der Waals surface area contributed by atoms with Gasteiger partial charge in [0.2, 0.25) is 11.8 Å². The number of nitrogens with one attached hydrogen (secondary N) is 3. The van der Waals surface area contributed by atoms with Crippen molar-refractivity contribution < 1.29 is 9.59 Å². The Morgan fingerprint density at radius 1 is 1.00 bits per heavy atom. The molecule has 24 heavy (non-hydrogen) atoms.